The highest BCUT2D eigenvalue weighted by molar-refractivity contribution is 5.93. The summed E-state index contributed by atoms with van der Waals surface area (Å²) >= 11 is 0. The van der Waals surface area contributed by atoms with E-state index in [1.165, 1.54) is 4.57 Å². The van der Waals surface area contributed by atoms with Crippen molar-refractivity contribution >= 4 is 11.9 Å². The van der Waals surface area contributed by atoms with Crippen LogP contribution in [0.1, 0.15) is 23.3 Å². The number of aliphatic carboxylic acids is 1. The Morgan fingerprint density at radius 1 is 1.47 bits per heavy atom. The molecule has 0 saturated carbocycles. The molecule has 1 aliphatic heterocycles. The molecule has 104 valence electrons. The standard InChI is InChI=1S/C13H19N3O3/c1-15(10-4-6-14-7-5-10)13(19)11-3-2-8-16(11)9-12(17)18/h2-3,8,10,14H,4-7,9H2,1H3,(H,17,18). The van der Waals surface area contributed by atoms with Crippen LogP contribution in [0, 0.1) is 0 Å². The van der Waals surface area contributed by atoms with Crippen LogP contribution in [0.15, 0.2) is 18.3 Å². The van der Waals surface area contributed by atoms with E-state index in [0.717, 1.165) is 25.9 Å². The number of carbonyl (C=O) groups is 2. The molecule has 0 radical (unpaired) electrons. The number of carboxylic acid groups (broad SMARTS) is 1. The van der Waals surface area contributed by atoms with Crippen LogP contribution >= 0.6 is 0 Å². The van der Waals surface area contributed by atoms with E-state index in [4.69, 9.17) is 5.11 Å². The van der Waals surface area contributed by atoms with Crippen LogP contribution in [0.5, 0.6) is 0 Å². The quantitative estimate of drug-likeness (QED) is 0.826. The summed E-state index contributed by atoms with van der Waals surface area (Å²) in [5, 5.41) is 12.1. The van der Waals surface area contributed by atoms with Crippen molar-refractivity contribution in [3.63, 3.8) is 0 Å². The number of nitrogens with zero attached hydrogens (tertiary/aromatic N) is 2. The van der Waals surface area contributed by atoms with Gasteiger partial charge in [-0.05, 0) is 38.1 Å². The topological polar surface area (TPSA) is 74.6 Å². The summed E-state index contributed by atoms with van der Waals surface area (Å²) in [6, 6.07) is 3.59. The van der Waals surface area contributed by atoms with Gasteiger partial charge < -0.3 is 19.9 Å². The van der Waals surface area contributed by atoms with Crippen molar-refractivity contribution in [1.29, 1.82) is 0 Å². The second kappa shape index (κ2) is 5.88. The second-order valence-electron chi connectivity index (χ2n) is 4.81. The number of hydrogen-bond donors (Lipinski definition) is 2. The third-order valence-corrected chi connectivity index (χ3v) is 3.53. The Bertz CT molecular complexity index is 463. The predicted octanol–water partition coefficient (Wildman–Crippen LogP) is 0.397. The zero-order valence-electron chi connectivity index (χ0n) is 11.0. The molecular formula is C13H19N3O3. The van der Waals surface area contributed by atoms with E-state index in [0.29, 0.717) is 5.69 Å². The van der Waals surface area contributed by atoms with Crippen molar-refractivity contribution in [2.75, 3.05) is 20.1 Å². The molecule has 6 heteroatoms. The molecule has 6 nitrogen and oxygen atoms in total. The van der Waals surface area contributed by atoms with Crippen LogP contribution < -0.4 is 5.32 Å². The monoisotopic (exact) mass is 265 g/mol. The van der Waals surface area contributed by atoms with Crippen LogP contribution in [0.25, 0.3) is 0 Å². The SMILES string of the molecule is CN(C(=O)c1cccn1CC(=O)O)C1CCNCC1. The van der Waals surface area contributed by atoms with Gasteiger partial charge in [-0.1, -0.05) is 0 Å². The highest BCUT2D eigenvalue weighted by Crippen LogP contribution is 2.14. The Kier molecular flexibility index (Phi) is 4.21. The van der Waals surface area contributed by atoms with Gasteiger partial charge in [0.1, 0.15) is 12.2 Å². The number of piperidine rings is 1. The highest BCUT2D eigenvalue weighted by atomic mass is 16.4. The lowest BCUT2D eigenvalue weighted by Gasteiger charge is -2.31. The Morgan fingerprint density at radius 2 is 2.16 bits per heavy atom. The lowest BCUT2D eigenvalue weighted by molar-refractivity contribution is -0.137. The van der Waals surface area contributed by atoms with Crippen LogP contribution in [-0.4, -0.2) is 52.6 Å². The van der Waals surface area contributed by atoms with Gasteiger partial charge in [-0.25, -0.2) is 0 Å². The lowest BCUT2D eigenvalue weighted by atomic mass is 10.1. The van der Waals surface area contributed by atoms with Crippen LogP contribution in [0.4, 0.5) is 0 Å². The summed E-state index contributed by atoms with van der Waals surface area (Å²) in [6.07, 6.45) is 3.49. The smallest absolute Gasteiger partial charge is 0.323 e. The number of aromatic nitrogens is 1. The second-order valence-corrected chi connectivity index (χ2v) is 4.81. The number of nitrogens with one attached hydrogen (secondary N) is 1. The van der Waals surface area contributed by atoms with Gasteiger partial charge in [-0.2, -0.15) is 0 Å². The molecule has 19 heavy (non-hydrogen) atoms. The normalized spacial score (nSPS) is 16.3. The summed E-state index contributed by atoms with van der Waals surface area (Å²) in [6.45, 7) is 1.64. The van der Waals surface area contributed by atoms with Gasteiger partial charge in [0.25, 0.3) is 5.91 Å². The number of carbonyl (C=O) groups excluding carboxylic acids is 1. The van der Waals surface area contributed by atoms with E-state index >= 15 is 0 Å². The van der Waals surface area contributed by atoms with E-state index in [1.807, 2.05) is 0 Å². The Morgan fingerprint density at radius 3 is 2.79 bits per heavy atom. The molecule has 2 rings (SSSR count). The van der Waals surface area contributed by atoms with Crippen LogP contribution in [-0.2, 0) is 11.3 Å². The zero-order valence-corrected chi connectivity index (χ0v) is 11.0. The molecule has 1 aliphatic rings. The largest absolute Gasteiger partial charge is 0.480 e. The molecule has 2 heterocycles. The summed E-state index contributed by atoms with van der Waals surface area (Å²) in [4.78, 5) is 24.9. The fraction of sp³-hybridized carbons (Fsp3) is 0.538. The van der Waals surface area contributed by atoms with Gasteiger partial charge in [0, 0.05) is 19.3 Å². The number of rotatable bonds is 4. The molecule has 0 aromatic carbocycles. The fourth-order valence-electron chi connectivity index (χ4n) is 2.43. The van der Waals surface area contributed by atoms with E-state index in [9.17, 15) is 9.59 Å². The van der Waals surface area contributed by atoms with Crippen molar-refractivity contribution in [1.82, 2.24) is 14.8 Å². The highest BCUT2D eigenvalue weighted by Gasteiger charge is 2.24. The maximum absolute atomic E-state index is 12.4. The first-order chi connectivity index (χ1) is 9.09. The molecular weight excluding hydrogens is 246 g/mol. The summed E-state index contributed by atoms with van der Waals surface area (Å²) in [5.74, 6) is -1.06. The minimum atomic E-state index is -0.949. The molecule has 1 aromatic heterocycles. The molecule has 0 spiro atoms. The van der Waals surface area contributed by atoms with Gasteiger partial charge in [0.15, 0.2) is 0 Å². The molecule has 0 atom stereocenters. The Hall–Kier alpha value is -1.82. The summed E-state index contributed by atoms with van der Waals surface area (Å²) in [7, 11) is 1.79. The third-order valence-electron chi connectivity index (χ3n) is 3.53. The minimum absolute atomic E-state index is 0.113. The molecule has 1 aromatic rings. The minimum Gasteiger partial charge on any atom is -0.480 e. The molecule has 0 aliphatic carbocycles. The maximum Gasteiger partial charge on any atom is 0.323 e. The molecule has 0 unspecified atom stereocenters. The Balaban J connectivity index is 2.10. The van der Waals surface area contributed by atoms with Crippen molar-refractivity contribution in [2.24, 2.45) is 0 Å². The summed E-state index contributed by atoms with van der Waals surface area (Å²) in [5.41, 5.74) is 0.434. The van der Waals surface area contributed by atoms with Crippen molar-refractivity contribution in [3.8, 4) is 0 Å². The first kappa shape index (κ1) is 13.6. The van der Waals surface area contributed by atoms with Gasteiger partial charge in [-0.3, -0.25) is 9.59 Å². The average molecular weight is 265 g/mol. The molecule has 0 bridgehead atoms. The van der Waals surface area contributed by atoms with Gasteiger partial charge in [0.2, 0.25) is 0 Å². The first-order valence-electron chi connectivity index (χ1n) is 6.44. The van der Waals surface area contributed by atoms with Gasteiger partial charge >= 0.3 is 5.97 Å². The first-order valence-corrected chi connectivity index (χ1v) is 6.44. The average Bonchev–Trinajstić information content (AvgIpc) is 2.85. The molecule has 2 N–H and O–H groups in total. The number of amides is 1. The van der Waals surface area contributed by atoms with Crippen molar-refractivity contribution in [3.05, 3.63) is 24.0 Å². The van der Waals surface area contributed by atoms with Gasteiger partial charge in [-0.15, -0.1) is 0 Å². The summed E-state index contributed by atoms with van der Waals surface area (Å²) < 4.78 is 1.47. The molecule has 1 fully saturated rings. The fourth-order valence-corrected chi connectivity index (χ4v) is 2.43. The number of carboxylic acids is 1. The molecule has 1 amide bonds. The number of hydrogen-bond acceptors (Lipinski definition) is 3. The van der Waals surface area contributed by atoms with Crippen molar-refractivity contribution < 1.29 is 14.7 Å². The maximum atomic E-state index is 12.4. The zero-order chi connectivity index (χ0) is 13.8. The molecule has 1 saturated heterocycles. The van der Waals surface area contributed by atoms with Crippen molar-refractivity contribution in [2.45, 2.75) is 25.4 Å². The van der Waals surface area contributed by atoms with Crippen LogP contribution in [0.3, 0.4) is 0 Å². The van der Waals surface area contributed by atoms with E-state index in [-0.39, 0.29) is 18.5 Å². The Labute approximate surface area is 112 Å². The van der Waals surface area contributed by atoms with Crippen LogP contribution in [0.2, 0.25) is 0 Å². The van der Waals surface area contributed by atoms with Gasteiger partial charge in [0.05, 0.1) is 0 Å². The third kappa shape index (κ3) is 3.14. The van der Waals surface area contributed by atoms with E-state index < -0.39 is 5.97 Å². The predicted molar refractivity (Wildman–Crippen MR) is 70.1 cm³/mol. The lowest BCUT2D eigenvalue weighted by Crippen LogP contribution is -2.44. The van der Waals surface area contributed by atoms with E-state index in [1.54, 1.807) is 30.3 Å². The van der Waals surface area contributed by atoms with E-state index in [2.05, 4.69) is 5.32 Å².